The number of nitrogens with zero attached hydrogens (tertiary/aromatic N) is 3. The van der Waals surface area contributed by atoms with Crippen molar-refractivity contribution >= 4 is 11.8 Å². The summed E-state index contributed by atoms with van der Waals surface area (Å²) in [6.45, 7) is 6.69. The summed E-state index contributed by atoms with van der Waals surface area (Å²) >= 11 is 0. The van der Waals surface area contributed by atoms with Gasteiger partial charge in [0.2, 0.25) is 11.8 Å². The molecule has 1 spiro atoms. The number of hydrogen-bond acceptors (Lipinski definition) is 5. The number of carbonyl (C=O) groups excluding carboxylic acids is 2. The number of aliphatic hydroxyl groups excluding tert-OH is 1. The van der Waals surface area contributed by atoms with Gasteiger partial charge in [-0.25, -0.2) is 0 Å². The van der Waals surface area contributed by atoms with Crippen molar-refractivity contribution in [1.29, 1.82) is 0 Å². The highest BCUT2D eigenvalue weighted by molar-refractivity contribution is 5.78. The van der Waals surface area contributed by atoms with Gasteiger partial charge in [0.25, 0.3) is 0 Å². The zero-order chi connectivity index (χ0) is 19.7. The van der Waals surface area contributed by atoms with Gasteiger partial charge in [-0.3, -0.25) is 19.4 Å². The molecule has 0 aliphatic carbocycles. The van der Waals surface area contributed by atoms with Crippen LogP contribution in [-0.2, 0) is 16.1 Å². The van der Waals surface area contributed by atoms with E-state index < -0.39 is 0 Å². The number of aliphatic hydroxyl groups is 1. The van der Waals surface area contributed by atoms with Crippen molar-refractivity contribution in [2.45, 2.75) is 44.0 Å². The third kappa shape index (κ3) is 3.92. The molecular weight excluding hydrogens is 356 g/mol. The Balaban J connectivity index is 1.40. The van der Waals surface area contributed by atoms with Gasteiger partial charge in [0.15, 0.2) is 0 Å². The van der Waals surface area contributed by atoms with Gasteiger partial charge >= 0.3 is 0 Å². The Bertz CT molecular complexity index is 720. The Labute approximate surface area is 166 Å². The molecule has 3 fully saturated rings. The number of nitrogens with one attached hydrogen (secondary N) is 1. The van der Waals surface area contributed by atoms with Crippen molar-refractivity contribution in [2.75, 3.05) is 39.3 Å². The van der Waals surface area contributed by atoms with Crippen LogP contribution in [0.25, 0.3) is 0 Å². The van der Waals surface area contributed by atoms with Gasteiger partial charge in [-0.05, 0) is 12.0 Å². The third-order valence-corrected chi connectivity index (χ3v) is 6.27. The molecule has 7 heteroatoms. The van der Waals surface area contributed by atoms with Crippen LogP contribution in [0.4, 0.5) is 0 Å². The molecule has 3 aliphatic heterocycles. The molecule has 152 valence electrons. The molecular formula is C21H30N4O3. The van der Waals surface area contributed by atoms with Crippen LogP contribution < -0.4 is 5.32 Å². The summed E-state index contributed by atoms with van der Waals surface area (Å²) in [6.07, 6.45) is 0.758. The van der Waals surface area contributed by atoms with E-state index in [1.165, 1.54) is 12.5 Å². The minimum absolute atomic E-state index is 0.0567. The van der Waals surface area contributed by atoms with Crippen molar-refractivity contribution in [3.63, 3.8) is 0 Å². The van der Waals surface area contributed by atoms with E-state index in [2.05, 4.69) is 39.4 Å². The van der Waals surface area contributed by atoms with Gasteiger partial charge in [-0.15, -0.1) is 0 Å². The fourth-order valence-corrected chi connectivity index (χ4v) is 5.13. The van der Waals surface area contributed by atoms with Gasteiger partial charge in [0, 0.05) is 65.2 Å². The molecule has 0 radical (unpaired) electrons. The molecule has 2 unspecified atom stereocenters. The fraction of sp³-hybridized carbons (Fsp3) is 0.619. The van der Waals surface area contributed by atoms with Crippen LogP contribution in [0.5, 0.6) is 0 Å². The van der Waals surface area contributed by atoms with E-state index in [1.54, 1.807) is 0 Å². The number of amides is 2. The lowest BCUT2D eigenvalue weighted by molar-refractivity contribution is -0.151. The quantitative estimate of drug-likeness (QED) is 0.748. The topological polar surface area (TPSA) is 76.1 Å². The summed E-state index contributed by atoms with van der Waals surface area (Å²) in [7, 11) is 0. The van der Waals surface area contributed by atoms with Crippen molar-refractivity contribution < 1.29 is 14.7 Å². The maximum atomic E-state index is 12.7. The van der Waals surface area contributed by atoms with Crippen LogP contribution in [-0.4, -0.2) is 88.6 Å². The number of fused-ring (bicyclic) bond motifs is 2. The monoisotopic (exact) mass is 386 g/mol. The second kappa shape index (κ2) is 7.81. The predicted octanol–water partition coefficient (Wildman–Crippen LogP) is 0.0446. The molecule has 4 rings (SSSR count). The maximum absolute atomic E-state index is 12.7. The highest BCUT2D eigenvalue weighted by Crippen LogP contribution is 2.39. The minimum atomic E-state index is -0.306. The average Bonchev–Trinajstić information content (AvgIpc) is 3.01. The van der Waals surface area contributed by atoms with Gasteiger partial charge in [-0.2, -0.15) is 0 Å². The number of hydrogen-bond donors (Lipinski definition) is 2. The Morgan fingerprint density at radius 3 is 2.64 bits per heavy atom. The molecule has 3 saturated heterocycles. The smallest absolute Gasteiger partial charge is 0.224 e. The standard InChI is InChI=1S/C21H30N4O3/c1-16(26)22-8-7-20(28)24-11-18-9-19(27)12-25(18)21(15-24)13-23(14-21)10-17-5-3-2-4-6-17/h2-6,18-19,27H,7-15H2,1H3,(H,22,26). The van der Waals surface area contributed by atoms with Crippen molar-refractivity contribution in [1.82, 2.24) is 20.0 Å². The van der Waals surface area contributed by atoms with Crippen LogP contribution in [0.3, 0.4) is 0 Å². The molecule has 0 aromatic heterocycles. The maximum Gasteiger partial charge on any atom is 0.224 e. The lowest BCUT2D eigenvalue weighted by Crippen LogP contribution is -2.78. The van der Waals surface area contributed by atoms with Crippen molar-refractivity contribution in [3.8, 4) is 0 Å². The molecule has 1 aromatic rings. The lowest BCUT2D eigenvalue weighted by atomic mass is 9.83. The number of benzene rings is 1. The molecule has 7 nitrogen and oxygen atoms in total. The molecule has 1 aromatic carbocycles. The molecule has 2 N–H and O–H groups in total. The molecule has 3 heterocycles. The minimum Gasteiger partial charge on any atom is -0.392 e. The van der Waals surface area contributed by atoms with E-state index in [0.717, 1.165) is 26.1 Å². The molecule has 0 saturated carbocycles. The Morgan fingerprint density at radius 2 is 1.93 bits per heavy atom. The summed E-state index contributed by atoms with van der Waals surface area (Å²) < 4.78 is 0. The number of β-amino-alcohol motifs (C(OH)–C–C–N with tert-alkyl or cyclic N) is 1. The lowest BCUT2D eigenvalue weighted by Gasteiger charge is -2.61. The van der Waals surface area contributed by atoms with Gasteiger partial charge in [0.1, 0.15) is 0 Å². The van der Waals surface area contributed by atoms with Gasteiger partial charge in [-0.1, -0.05) is 30.3 Å². The van der Waals surface area contributed by atoms with Crippen LogP contribution in [0, 0.1) is 0 Å². The van der Waals surface area contributed by atoms with E-state index >= 15 is 0 Å². The Hall–Kier alpha value is -1.96. The summed E-state index contributed by atoms with van der Waals surface area (Å²) in [5.74, 6) is -0.0146. The summed E-state index contributed by atoms with van der Waals surface area (Å²) in [6, 6.07) is 10.7. The van der Waals surface area contributed by atoms with Gasteiger partial charge < -0.3 is 15.3 Å². The second-order valence-corrected chi connectivity index (χ2v) is 8.56. The number of piperazine rings is 1. The molecule has 2 atom stereocenters. The van der Waals surface area contributed by atoms with E-state index in [1.807, 2.05) is 11.0 Å². The van der Waals surface area contributed by atoms with Crippen molar-refractivity contribution in [3.05, 3.63) is 35.9 Å². The zero-order valence-corrected chi connectivity index (χ0v) is 16.5. The third-order valence-electron chi connectivity index (χ3n) is 6.27. The normalized spacial score (nSPS) is 26.7. The second-order valence-electron chi connectivity index (χ2n) is 8.56. The fourth-order valence-electron chi connectivity index (χ4n) is 5.13. The van der Waals surface area contributed by atoms with Crippen molar-refractivity contribution in [2.24, 2.45) is 0 Å². The van der Waals surface area contributed by atoms with Crippen LogP contribution >= 0.6 is 0 Å². The highest BCUT2D eigenvalue weighted by Gasteiger charge is 2.56. The largest absolute Gasteiger partial charge is 0.392 e. The Kier molecular flexibility index (Phi) is 5.40. The van der Waals surface area contributed by atoms with E-state index in [-0.39, 0.29) is 29.5 Å². The summed E-state index contributed by atoms with van der Waals surface area (Å²) in [4.78, 5) is 30.6. The molecule has 2 amide bonds. The molecule has 28 heavy (non-hydrogen) atoms. The molecule has 0 bridgehead atoms. The van der Waals surface area contributed by atoms with E-state index in [9.17, 15) is 14.7 Å². The van der Waals surface area contributed by atoms with Crippen LogP contribution in [0.2, 0.25) is 0 Å². The molecule has 3 aliphatic rings. The first-order valence-electron chi connectivity index (χ1n) is 10.2. The van der Waals surface area contributed by atoms with E-state index in [0.29, 0.717) is 32.6 Å². The SMILES string of the molecule is CC(=O)NCCC(=O)N1CC2CC(O)CN2C2(CN(Cc3ccccc3)C2)C1. The van der Waals surface area contributed by atoms with Gasteiger partial charge in [0.05, 0.1) is 11.6 Å². The average molecular weight is 386 g/mol. The van der Waals surface area contributed by atoms with Crippen LogP contribution in [0.15, 0.2) is 30.3 Å². The summed E-state index contributed by atoms with van der Waals surface area (Å²) in [5.41, 5.74) is 1.24. The number of carbonyl (C=O) groups is 2. The zero-order valence-electron chi connectivity index (χ0n) is 16.5. The van der Waals surface area contributed by atoms with Crippen LogP contribution in [0.1, 0.15) is 25.3 Å². The highest BCUT2D eigenvalue weighted by atomic mass is 16.3. The first-order chi connectivity index (χ1) is 13.4. The first-order valence-corrected chi connectivity index (χ1v) is 10.2. The number of rotatable bonds is 5. The predicted molar refractivity (Wildman–Crippen MR) is 105 cm³/mol. The number of likely N-dealkylation sites (tertiary alicyclic amines) is 1. The summed E-state index contributed by atoms with van der Waals surface area (Å²) in [5, 5.41) is 12.9. The van der Waals surface area contributed by atoms with E-state index in [4.69, 9.17) is 0 Å². The first kappa shape index (κ1) is 19.4. The Morgan fingerprint density at radius 1 is 1.18 bits per heavy atom.